The molecule has 0 spiro atoms. The smallest absolute Gasteiger partial charge is 0.282 e. The van der Waals surface area contributed by atoms with Crippen LogP contribution >= 0.6 is 34.7 Å². The lowest BCUT2D eigenvalue weighted by Gasteiger charge is -2.24. The van der Waals surface area contributed by atoms with Crippen LogP contribution in [-0.2, 0) is 4.74 Å². The van der Waals surface area contributed by atoms with Gasteiger partial charge in [-0.2, -0.15) is 11.3 Å². The fraction of sp³-hybridized carbons (Fsp3) is 0.240. The van der Waals surface area contributed by atoms with Crippen molar-refractivity contribution in [2.75, 3.05) is 18.5 Å². The maximum atomic E-state index is 12.8. The minimum atomic E-state index is -0.378. The van der Waals surface area contributed by atoms with Crippen LogP contribution in [0.2, 0.25) is 5.02 Å². The number of H-pyrrole nitrogens is 1. The van der Waals surface area contributed by atoms with E-state index in [0.717, 1.165) is 54.6 Å². The van der Waals surface area contributed by atoms with Gasteiger partial charge in [-0.3, -0.25) is 9.89 Å². The molecule has 2 aromatic carbocycles. The molecule has 0 bridgehead atoms. The zero-order chi connectivity index (χ0) is 23.5. The number of hydrogen-bond donors (Lipinski definition) is 3. The molecule has 0 saturated carbocycles. The molecule has 9 heteroatoms. The third-order valence-corrected chi connectivity index (χ3v) is 8.13. The molecule has 1 saturated heterocycles. The number of hydrogen-bond acceptors (Lipinski definition) is 6. The fourth-order valence-electron chi connectivity index (χ4n) is 4.10. The molecular weight excluding hydrogens is 490 g/mol. The highest BCUT2D eigenvalue weighted by Gasteiger charge is 2.25. The number of ether oxygens (including phenoxy) is 1. The molecule has 3 heterocycles. The van der Waals surface area contributed by atoms with Crippen molar-refractivity contribution in [2.24, 2.45) is 0 Å². The van der Waals surface area contributed by atoms with Gasteiger partial charge in [-0.05, 0) is 65.1 Å². The van der Waals surface area contributed by atoms with E-state index in [0.29, 0.717) is 16.0 Å². The first-order chi connectivity index (χ1) is 16.6. The van der Waals surface area contributed by atoms with E-state index in [9.17, 15) is 9.90 Å². The first kappa shape index (κ1) is 23.1. The van der Waals surface area contributed by atoms with Crippen molar-refractivity contribution >= 4 is 40.4 Å². The maximum Gasteiger partial charge on any atom is 0.282 e. The van der Waals surface area contributed by atoms with Gasteiger partial charge in [-0.25, -0.2) is 4.68 Å². The molecule has 4 aromatic rings. The first-order valence-corrected chi connectivity index (χ1v) is 13.2. The van der Waals surface area contributed by atoms with Gasteiger partial charge in [0, 0.05) is 29.8 Å². The lowest BCUT2D eigenvalue weighted by atomic mass is 10.0. The molecule has 0 radical (unpaired) electrons. The summed E-state index contributed by atoms with van der Waals surface area (Å²) in [5.74, 6) is -0.115. The Morgan fingerprint density at radius 1 is 1.12 bits per heavy atom. The van der Waals surface area contributed by atoms with Crippen LogP contribution in [0.4, 0.5) is 5.69 Å². The van der Waals surface area contributed by atoms with Gasteiger partial charge in [-0.15, -0.1) is 0 Å². The van der Waals surface area contributed by atoms with Crippen LogP contribution in [0.3, 0.4) is 0 Å². The number of aromatic nitrogens is 2. The Kier molecular flexibility index (Phi) is 7.01. The molecule has 5 rings (SSSR count). The number of aromatic hydroxyl groups is 1. The molecule has 6 nitrogen and oxygen atoms in total. The summed E-state index contributed by atoms with van der Waals surface area (Å²) in [4.78, 5) is 13.8. The lowest BCUT2D eigenvalue weighted by molar-refractivity contribution is 0.0904. The zero-order valence-electron chi connectivity index (χ0n) is 18.2. The SMILES string of the molecule is O=c1[nH]n(C(c2ccc(NC3CCOCC3)cc2)c2ccsc2)c(O)c1Sc1ccccc1Cl. The van der Waals surface area contributed by atoms with E-state index in [-0.39, 0.29) is 22.4 Å². The van der Waals surface area contributed by atoms with E-state index in [1.165, 1.54) is 4.68 Å². The lowest BCUT2D eigenvalue weighted by Crippen LogP contribution is -2.27. The van der Waals surface area contributed by atoms with Crippen LogP contribution in [0.15, 0.2) is 79.9 Å². The van der Waals surface area contributed by atoms with Gasteiger partial charge in [0.2, 0.25) is 5.88 Å². The summed E-state index contributed by atoms with van der Waals surface area (Å²) < 4.78 is 6.97. The van der Waals surface area contributed by atoms with Crippen LogP contribution in [0.5, 0.6) is 5.88 Å². The second-order valence-electron chi connectivity index (χ2n) is 8.11. The summed E-state index contributed by atoms with van der Waals surface area (Å²) in [5.41, 5.74) is 2.61. The molecule has 1 aliphatic rings. The quantitative estimate of drug-likeness (QED) is 0.283. The first-order valence-electron chi connectivity index (χ1n) is 11.0. The van der Waals surface area contributed by atoms with Gasteiger partial charge in [0.1, 0.15) is 10.9 Å². The summed E-state index contributed by atoms with van der Waals surface area (Å²) in [5, 5.41) is 22.1. The van der Waals surface area contributed by atoms with Gasteiger partial charge < -0.3 is 15.2 Å². The number of nitrogens with one attached hydrogen (secondary N) is 2. The minimum Gasteiger partial charge on any atom is -0.493 e. The molecule has 3 N–H and O–H groups in total. The topological polar surface area (TPSA) is 79.3 Å². The Balaban J connectivity index is 1.47. The maximum absolute atomic E-state index is 12.8. The summed E-state index contributed by atoms with van der Waals surface area (Å²) >= 11 is 9.00. The van der Waals surface area contributed by atoms with Gasteiger partial charge in [0.15, 0.2) is 0 Å². The van der Waals surface area contributed by atoms with Gasteiger partial charge in [0.25, 0.3) is 5.56 Å². The number of aromatic amines is 1. The highest BCUT2D eigenvalue weighted by atomic mass is 35.5. The molecule has 2 aromatic heterocycles. The Hall–Kier alpha value is -2.65. The van der Waals surface area contributed by atoms with Crippen molar-refractivity contribution in [3.05, 3.63) is 91.9 Å². The molecule has 1 aliphatic heterocycles. The Labute approximate surface area is 210 Å². The molecule has 1 unspecified atom stereocenters. The molecule has 176 valence electrons. The van der Waals surface area contributed by atoms with Crippen molar-refractivity contribution in [3.8, 4) is 5.88 Å². The highest BCUT2D eigenvalue weighted by Crippen LogP contribution is 2.39. The largest absolute Gasteiger partial charge is 0.493 e. The van der Waals surface area contributed by atoms with Crippen molar-refractivity contribution in [2.45, 2.75) is 34.7 Å². The number of thiophene rings is 1. The molecule has 1 fully saturated rings. The molecule has 34 heavy (non-hydrogen) atoms. The summed E-state index contributed by atoms with van der Waals surface area (Å²) in [7, 11) is 0. The summed E-state index contributed by atoms with van der Waals surface area (Å²) in [6.45, 7) is 1.57. The molecule has 0 aliphatic carbocycles. The Morgan fingerprint density at radius 3 is 2.59 bits per heavy atom. The highest BCUT2D eigenvalue weighted by molar-refractivity contribution is 7.99. The number of halogens is 1. The third kappa shape index (κ3) is 4.90. The average Bonchev–Trinajstić information content (AvgIpc) is 3.47. The van der Waals surface area contributed by atoms with E-state index < -0.39 is 0 Å². The van der Waals surface area contributed by atoms with E-state index in [2.05, 4.69) is 10.4 Å². The van der Waals surface area contributed by atoms with Crippen LogP contribution in [-0.4, -0.2) is 34.1 Å². The predicted octanol–water partition coefficient (Wildman–Crippen LogP) is 5.98. The summed E-state index contributed by atoms with van der Waals surface area (Å²) in [6.07, 6.45) is 1.98. The standard InChI is InChI=1S/C25H24ClN3O3S2/c26-20-3-1-2-4-21(20)34-23-24(30)28-29(25(23)31)22(17-11-14-33-15-17)16-5-7-18(8-6-16)27-19-9-12-32-13-10-19/h1-8,11,14-15,19,22,27,31H,9-10,12-13H2,(H,28,30). The van der Waals surface area contributed by atoms with Crippen molar-refractivity contribution in [1.82, 2.24) is 9.78 Å². The normalized spacial score (nSPS) is 15.3. The monoisotopic (exact) mass is 513 g/mol. The van der Waals surface area contributed by atoms with Gasteiger partial charge in [-0.1, -0.05) is 47.6 Å². The summed E-state index contributed by atoms with van der Waals surface area (Å²) in [6, 6.07) is 17.4. The predicted molar refractivity (Wildman–Crippen MR) is 138 cm³/mol. The van der Waals surface area contributed by atoms with Crippen LogP contribution in [0.1, 0.15) is 30.0 Å². The zero-order valence-corrected chi connectivity index (χ0v) is 20.6. The van der Waals surface area contributed by atoms with Gasteiger partial charge >= 0.3 is 0 Å². The molecule has 1 atom stereocenters. The molecular formula is C25H24ClN3O3S2. The van der Waals surface area contributed by atoms with E-state index in [1.807, 2.05) is 59.3 Å². The average molecular weight is 514 g/mol. The number of rotatable bonds is 7. The van der Waals surface area contributed by atoms with Crippen LogP contribution in [0.25, 0.3) is 0 Å². The number of anilines is 1. The number of benzene rings is 2. The van der Waals surface area contributed by atoms with Crippen molar-refractivity contribution in [1.29, 1.82) is 0 Å². The Morgan fingerprint density at radius 2 is 1.88 bits per heavy atom. The number of nitrogens with zero attached hydrogens (tertiary/aromatic N) is 1. The van der Waals surface area contributed by atoms with Gasteiger partial charge in [0.05, 0.1) is 5.02 Å². The van der Waals surface area contributed by atoms with Crippen molar-refractivity contribution in [3.63, 3.8) is 0 Å². The second kappa shape index (κ2) is 10.3. The Bertz CT molecular complexity index is 1300. The molecule has 0 amide bonds. The second-order valence-corrected chi connectivity index (χ2v) is 10.3. The van der Waals surface area contributed by atoms with E-state index >= 15 is 0 Å². The van der Waals surface area contributed by atoms with Crippen LogP contribution < -0.4 is 10.9 Å². The van der Waals surface area contributed by atoms with E-state index in [1.54, 1.807) is 17.4 Å². The minimum absolute atomic E-state index is 0.115. The van der Waals surface area contributed by atoms with E-state index in [4.69, 9.17) is 16.3 Å². The van der Waals surface area contributed by atoms with Crippen molar-refractivity contribution < 1.29 is 9.84 Å². The third-order valence-electron chi connectivity index (χ3n) is 5.84. The van der Waals surface area contributed by atoms with Crippen LogP contribution in [0, 0.1) is 0 Å². The fourth-order valence-corrected chi connectivity index (χ4v) is 5.89.